The number of aromatic nitrogens is 2. The Kier molecular flexibility index (Phi) is 5.54. The zero-order valence-corrected chi connectivity index (χ0v) is 15.0. The molecule has 2 aromatic rings. The van der Waals surface area contributed by atoms with Gasteiger partial charge in [0.05, 0.1) is 18.7 Å². The van der Waals surface area contributed by atoms with E-state index in [1.165, 1.54) is 6.07 Å². The second-order valence-corrected chi connectivity index (χ2v) is 6.44. The monoisotopic (exact) mass is 371 g/mol. The molecule has 1 fully saturated rings. The van der Waals surface area contributed by atoms with Gasteiger partial charge in [0.15, 0.2) is 0 Å². The summed E-state index contributed by atoms with van der Waals surface area (Å²) in [6, 6.07) is 10.3. The molecule has 0 atom stereocenters. The highest BCUT2D eigenvalue weighted by Crippen LogP contribution is 2.21. The van der Waals surface area contributed by atoms with E-state index in [9.17, 15) is 14.4 Å². The van der Waals surface area contributed by atoms with Crippen LogP contribution in [-0.2, 0) is 16.1 Å². The van der Waals surface area contributed by atoms with Gasteiger partial charge in [-0.3, -0.25) is 14.4 Å². The van der Waals surface area contributed by atoms with Crippen LogP contribution in [0.15, 0.2) is 41.2 Å². The van der Waals surface area contributed by atoms with Gasteiger partial charge in [0.2, 0.25) is 5.91 Å². The second kappa shape index (κ2) is 8.03. The molecule has 1 amide bonds. The Morgan fingerprint density at radius 3 is 2.63 bits per heavy atom. The van der Waals surface area contributed by atoms with Gasteiger partial charge in [-0.1, -0.05) is 12.1 Å². The van der Waals surface area contributed by atoms with E-state index in [4.69, 9.17) is 9.84 Å². The van der Waals surface area contributed by atoms with E-state index in [0.29, 0.717) is 37.4 Å². The number of aliphatic carboxylic acids is 1. The number of ether oxygens (including phenoxy) is 1. The first-order valence-corrected chi connectivity index (χ1v) is 8.71. The molecule has 1 aromatic heterocycles. The molecular formula is C19H21N3O5. The summed E-state index contributed by atoms with van der Waals surface area (Å²) in [5.41, 5.74) is 0.971. The van der Waals surface area contributed by atoms with Crippen LogP contribution in [0, 0.1) is 5.92 Å². The molecule has 0 unspecified atom stereocenters. The third-order valence-corrected chi connectivity index (χ3v) is 4.71. The average molecular weight is 371 g/mol. The number of likely N-dealkylation sites (tertiary alicyclic amines) is 1. The number of nitrogens with zero attached hydrogens (tertiary/aromatic N) is 3. The van der Waals surface area contributed by atoms with E-state index >= 15 is 0 Å². The van der Waals surface area contributed by atoms with Crippen LogP contribution in [0.4, 0.5) is 0 Å². The zero-order valence-electron chi connectivity index (χ0n) is 15.0. The molecule has 27 heavy (non-hydrogen) atoms. The number of hydrogen-bond acceptors (Lipinski definition) is 5. The van der Waals surface area contributed by atoms with Gasteiger partial charge in [0.25, 0.3) is 5.56 Å². The van der Waals surface area contributed by atoms with E-state index in [0.717, 1.165) is 10.2 Å². The van der Waals surface area contributed by atoms with Crippen molar-refractivity contribution in [1.82, 2.24) is 14.7 Å². The van der Waals surface area contributed by atoms with Crippen LogP contribution < -0.4 is 10.3 Å². The molecular weight excluding hydrogens is 350 g/mol. The summed E-state index contributed by atoms with van der Waals surface area (Å²) in [6.07, 6.45) is 0.848. The Balaban J connectivity index is 1.74. The summed E-state index contributed by atoms with van der Waals surface area (Å²) >= 11 is 0. The molecule has 1 saturated heterocycles. The van der Waals surface area contributed by atoms with Gasteiger partial charge < -0.3 is 14.7 Å². The number of benzene rings is 1. The minimum atomic E-state index is -0.828. The van der Waals surface area contributed by atoms with E-state index in [1.54, 1.807) is 24.1 Å². The van der Waals surface area contributed by atoms with Crippen LogP contribution in [0.3, 0.4) is 0 Å². The lowest BCUT2D eigenvalue weighted by atomic mass is 9.97. The van der Waals surface area contributed by atoms with Gasteiger partial charge in [-0.2, -0.15) is 5.10 Å². The number of methoxy groups -OCH3 is 1. The van der Waals surface area contributed by atoms with Crippen molar-refractivity contribution in [3.8, 4) is 17.0 Å². The fraction of sp³-hybridized carbons (Fsp3) is 0.368. The normalized spacial score (nSPS) is 14.8. The highest BCUT2D eigenvalue weighted by atomic mass is 16.5. The van der Waals surface area contributed by atoms with Gasteiger partial charge in [-0.25, -0.2) is 4.68 Å². The number of piperidine rings is 1. The van der Waals surface area contributed by atoms with Crippen LogP contribution in [0.2, 0.25) is 0 Å². The fourth-order valence-corrected chi connectivity index (χ4v) is 3.10. The third kappa shape index (κ3) is 4.33. The summed E-state index contributed by atoms with van der Waals surface area (Å²) in [5, 5.41) is 13.3. The van der Waals surface area contributed by atoms with Gasteiger partial charge >= 0.3 is 5.97 Å². The number of hydrogen-bond donors (Lipinski definition) is 1. The van der Waals surface area contributed by atoms with E-state index < -0.39 is 11.9 Å². The Morgan fingerprint density at radius 1 is 1.22 bits per heavy atom. The average Bonchev–Trinajstić information content (AvgIpc) is 2.69. The molecule has 142 valence electrons. The molecule has 1 aliphatic heterocycles. The number of rotatable bonds is 5. The molecule has 0 radical (unpaired) electrons. The van der Waals surface area contributed by atoms with Gasteiger partial charge in [0.1, 0.15) is 12.3 Å². The van der Waals surface area contributed by atoms with Crippen LogP contribution in [0.1, 0.15) is 12.8 Å². The molecule has 0 saturated carbocycles. The molecule has 0 bridgehead atoms. The van der Waals surface area contributed by atoms with Crippen molar-refractivity contribution in [2.75, 3.05) is 20.2 Å². The summed E-state index contributed by atoms with van der Waals surface area (Å²) < 4.78 is 6.34. The van der Waals surface area contributed by atoms with Crippen molar-refractivity contribution < 1.29 is 19.4 Å². The predicted molar refractivity (Wildman–Crippen MR) is 97.4 cm³/mol. The summed E-state index contributed by atoms with van der Waals surface area (Å²) in [5.74, 6) is -0.807. The van der Waals surface area contributed by atoms with Crippen LogP contribution >= 0.6 is 0 Å². The Bertz CT molecular complexity index is 900. The van der Waals surface area contributed by atoms with Crippen LogP contribution in [0.25, 0.3) is 11.3 Å². The molecule has 1 N–H and O–H groups in total. The Labute approximate surface area is 156 Å². The van der Waals surface area contributed by atoms with E-state index in [1.807, 2.05) is 18.2 Å². The van der Waals surface area contributed by atoms with Crippen LogP contribution in [-0.4, -0.2) is 51.9 Å². The number of carbonyl (C=O) groups excluding carboxylic acids is 1. The molecule has 8 heteroatoms. The number of carboxylic acid groups (broad SMARTS) is 1. The van der Waals surface area contributed by atoms with Gasteiger partial charge in [-0.05, 0) is 31.0 Å². The van der Waals surface area contributed by atoms with Gasteiger partial charge in [-0.15, -0.1) is 0 Å². The lowest BCUT2D eigenvalue weighted by Crippen LogP contribution is -2.43. The molecule has 3 rings (SSSR count). The Morgan fingerprint density at radius 2 is 1.96 bits per heavy atom. The first kappa shape index (κ1) is 18.6. The molecule has 2 heterocycles. The second-order valence-electron chi connectivity index (χ2n) is 6.44. The molecule has 0 spiro atoms. The van der Waals surface area contributed by atoms with Crippen molar-refractivity contribution in [3.63, 3.8) is 0 Å². The highest BCUT2D eigenvalue weighted by Gasteiger charge is 2.27. The lowest BCUT2D eigenvalue weighted by Gasteiger charge is -2.30. The lowest BCUT2D eigenvalue weighted by molar-refractivity contribution is -0.145. The van der Waals surface area contributed by atoms with Crippen molar-refractivity contribution >= 4 is 11.9 Å². The van der Waals surface area contributed by atoms with Crippen molar-refractivity contribution in [1.29, 1.82) is 0 Å². The zero-order chi connectivity index (χ0) is 19.4. The minimum absolute atomic E-state index is 0.172. The number of amides is 1. The summed E-state index contributed by atoms with van der Waals surface area (Å²) in [6.45, 7) is 0.578. The van der Waals surface area contributed by atoms with E-state index in [2.05, 4.69) is 5.10 Å². The molecule has 1 aromatic carbocycles. The first-order valence-electron chi connectivity index (χ1n) is 8.71. The molecule has 0 aliphatic carbocycles. The number of carbonyl (C=O) groups is 2. The van der Waals surface area contributed by atoms with Crippen molar-refractivity contribution in [3.05, 3.63) is 46.8 Å². The fourth-order valence-electron chi connectivity index (χ4n) is 3.10. The third-order valence-electron chi connectivity index (χ3n) is 4.71. The standard InChI is InChI=1S/C19H21N3O5/c1-27-15-4-2-3-14(11-15)16-5-6-17(23)22(20-16)12-18(24)21-9-7-13(8-10-21)19(25)26/h2-6,11,13H,7-10,12H2,1H3,(H,25,26). The largest absolute Gasteiger partial charge is 0.497 e. The molecule has 8 nitrogen and oxygen atoms in total. The Hall–Kier alpha value is -3.16. The first-order chi connectivity index (χ1) is 13.0. The van der Waals surface area contributed by atoms with Crippen LogP contribution in [0.5, 0.6) is 5.75 Å². The maximum Gasteiger partial charge on any atom is 0.306 e. The van der Waals surface area contributed by atoms with Crippen molar-refractivity contribution in [2.45, 2.75) is 19.4 Å². The maximum absolute atomic E-state index is 12.5. The maximum atomic E-state index is 12.5. The van der Waals surface area contributed by atoms with E-state index in [-0.39, 0.29) is 18.0 Å². The van der Waals surface area contributed by atoms with Gasteiger partial charge in [0, 0.05) is 24.7 Å². The smallest absolute Gasteiger partial charge is 0.306 e. The number of carboxylic acids is 1. The minimum Gasteiger partial charge on any atom is -0.497 e. The molecule has 1 aliphatic rings. The predicted octanol–water partition coefficient (Wildman–Crippen LogP) is 1.24. The summed E-state index contributed by atoms with van der Waals surface area (Å²) in [4.78, 5) is 37.2. The SMILES string of the molecule is COc1cccc(-c2ccc(=O)n(CC(=O)N3CCC(C(=O)O)CC3)n2)c1. The summed E-state index contributed by atoms with van der Waals surface area (Å²) in [7, 11) is 1.57. The quantitative estimate of drug-likeness (QED) is 0.849. The topological polar surface area (TPSA) is 102 Å². The van der Waals surface area contributed by atoms with Crippen molar-refractivity contribution in [2.24, 2.45) is 5.92 Å². The highest BCUT2D eigenvalue weighted by molar-refractivity contribution is 5.77.